The predicted octanol–water partition coefficient (Wildman–Crippen LogP) is 3.83. The maximum atomic E-state index is 13.5. The summed E-state index contributed by atoms with van der Waals surface area (Å²) in [4.78, 5) is 16.0. The average molecular weight is 297 g/mol. The van der Waals surface area contributed by atoms with Crippen molar-refractivity contribution in [3.05, 3.63) is 58.4 Å². The molecule has 0 aliphatic carbocycles. The van der Waals surface area contributed by atoms with Gasteiger partial charge < -0.3 is 5.32 Å². The van der Waals surface area contributed by atoms with Gasteiger partial charge in [-0.2, -0.15) is 0 Å². The molecule has 0 spiro atoms. The summed E-state index contributed by atoms with van der Waals surface area (Å²) in [6.45, 7) is 1.87. The summed E-state index contributed by atoms with van der Waals surface area (Å²) in [6.07, 6.45) is 0.606. The summed E-state index contributed by atoms with van der Waals surface area (Å²) < 4.78 is 26.5. The fourth-order valence-electron chi connectivity index (χ4n) is 1.66. The van der Waals surface area contributed by atoms with Gasteiger partial charge in [0.2, 0.25) is 0 Å². The number of aromatic nitrogens is 1. The minimum atomic E-state index is -1.10. The van der Waals surface area contributed by atoms with Crippen LogP contribution in [0.25, 0.3) is 0 Å². The molecule has 2 aromatic rings. The lowest BCUT2D eigenvalue weighted by Gasteiger charge is -2.08. The number of aryl methyl sites for hydroxylation is 1. The van der Waals surface area contributed by atoms with E-state index in [1.807, 2.05) is 6.92 Å². The van der Waals surface area contributed by atoms with E-state index in [1.54, 1.807) is 6.07 Å². The van der Waals surface area contributed by atoms with Crippen molar-refractivity contribution in [3.8, 4) is 0 Å². The third-order valence-electron chi connectivity index (χ3n) is 2.67. The largest absolute Gasteiger partial charge is 0.319 e. The highest BCUT2D eigenvalue weighted by atomic mass is 35.5. The first-order valence-corrected chi connectivity index (χ1v) is 6.31. The highest BCUT2D eigenvalue weighted by molar-refractivity contribution is 6.29. The molecule has 0 saturated heterocycles. The molecule has 1 aromatic carbocycles. The molecule has 0 saturated carbocycles. The van der Waals surface area contributed by atoms with E-state index in [0.29, 0.717) is 12.1 Å². The van der Waals surface area contributed by atoms with Crippen molar-refractivity contribution >= 4 is 23.2 Å². The maximum Gasteiger partial charge on any atom is 0.255 e. The number of hydrogen-bond acceptors (Lipinski definition) is 2. The number of nitrogens with zero attached hydrogens (tertiary/aromatic N) is 1. The van der Waals surface area contributed by atoms with E-state index >= 15 is 0 Å². The van der Waals surface area contributed by atoms with Crippen LogP contribution in [0.2, 0.25) is 5.15 Å². The summed E-state index contributed by atoms with van der Waals surface area (Å²) in [6, 6.07) is 6.49. The summed E-state index contributed by atoms with van der Waals surface area (Å²) in [5.41, 5.74) is 0.661. The van der Waals surface area contributed by atoms with Gasteiger partial charge in [0.1, 0.15) is 5.15 Å². The Hall–Kier alpha value is -2.01. The molecule has 0 aliphatic rings. The minimum absolute atomic E-state index is 0.175. The van der Waals surface area contributed by atoms with Crippen LogP contribution in [-0.2, 0) is 6.42 Å². The van der Waals surface area contributed by atoms with Gasteiger partial charge in [-0.15, -0.1) is 0 Å². The average Bonchev–Trinajstić information content (AvgIpc) is 2.43. The molecule has 1 N–H and O–H groups in total. The number of amides is 1. The smallest absolute Gasteiger partial charge is 0.255 e. The lowest BCUT2D eigenvalue weighted by molar-refractivity contribution is 0.102. The third-order valence-corrected chi connectivity index (χ3v) is 2.86. The molecule has 0 bridgehead atoms. The first-order valence-electron chi connectivity index (χ1n) is 5.93. The van der Waals surface area contributed by atoms with Crippen LogP contribution in [0.1, 0.15) is 23.0 Å². The molecule has 2 rings (SSSR count). The van der Waals surface area contributed by atoms with Gasteiger partial charge in [0, 0.05) is 11.3 Å². The molecule has 1 amide bonds. The van der Waals surface area contributed by atoms with Gasteiger partial charge in [-0.05, 0) is 30.7 Å². The first kappa shape index (κ1) is 14.4. The Labute approximate surface area is 119 Å². The van der Waals surface area contributed by atoms with Crippen LogP contribution < -0.4 is 5.32 Å². The lowest BCUT2D eigenvalue weighted by Crippen LogP contribution is -2.14. The van der Waals surface area contributed by atoms with Gasteiger partial charge in [-0.3, -0.25) is 4.79 Å². The second-order valence-electron chi connectivity index (χ2n) is 4.08. The zero-order valence-corrected chi connectivity index (χ0v) is 11.3. The number of rotatable bonds is 3. The van der Waals surface area contributed by atoms with Crippen molar-refractivity contribution in [2.24, 2.45) is 0 Å². The van der Waals surface area contributed by atoms with Crippen LogP contribution in [0.4, 0.5) is 14.5 Å². The SMILES string of the molecule is CCc1cc(C(=O)Nc2cccc(F)c2F)cc(Cl)n1. The van der Waals surface area contributed by atoms with Crippen molar-refractivity contribution in [1.82, 2.24) is 4.98 Å². The van der Waals surface area contributed by atoms with Crippen LogP contribution in [-0.4, -0.2) is 10.9 Å². The van der Waals surface area contributed by atoms with E-state index < -0.39 is 17.5 Å². The molecule has 1 heterocycles. The van der Waals surface area contributed by atoms with E-state index in [0.717, 1.165) is 6.07 Å². The molecule has 1 aromatic heterocycles. The first-order chi connectivity index (χ1) is 9.51. The number of hydrogen-bond donors (Lipinski definition) is 1. The molecule has 0 atom stereocenters. The van der Waals surface area contributed by atoms with Crippen LogP contribution in [0.3, 0.4) is 0 Å². The molecule has 104 valence electrons. The Balaban J connectivity index is 2.28. The highest BCUT2D eigenvalue weighted by Crippen LogP contribution is 2.18. The van der Waals surface area contributed by atoms with Crippen molar-refractivity contribution < 1.29 is 13.6 Å². The van der Waals surface area contributed by atoms with Crippen molar-refractivity contribution in [1.29, 1.82) is 0 Å². The van der Waals surface area contributed by atoms with Crippen LogP contribution in [0.15, 0.2) is 30.3 Å². The van der Waals surface area contributed by atoms with E-state index in [1.165, 1.54) is 18.2 Å². The monoisotopic (exact) mass is 296 g/mol. The highest BCUT2D eigenvalue weighted by Gasteiger charge is 2.13. The fourth-order valence-corrected chi connectivity index (χ4v) is 1.88. The van der Waals surface area contributed by atoms with Crippen molar-refractivity contribution in [2.75, 3.05) is 5.32 Å². The third kappa shape index (κ3) is 3.11. The van der Waals surface area contributed by atoms with E-state index in [4.69, 9.17) is 11.6 Å². The summed E-state index contributed by atoms with van der Waals surface area (Å²) in [5.74, 6) is -2.70. The summed E-state index contributed by atoms with van der Waals surface area (Å²) in [5, 5.41) is 2.48. The van der Waals surface area contributed by atoms with Gasteiger partial charge >= 0.3 is 0 Å². The number of pyridine rings is 1. The molecule has 3 nitrogen and oxygen atoms in total. The van der Waals surface area contributed by atoms with Gasteiger partial charge in [0.25, 0.3) is 5.91 Å². The Kier molecular flexibility index (Phi) is 4.29. The number of benzene rings is 1. The Morgan fingerprint density at radius 2 is 2.10 bits per heavy atom. The molecule has 6 heteroatoms. The topological polar surface area (TPSA) is 42.0 Å². The molecule has 0 unspecified atom stereocenters. The maximum absolute atomic E-state index is 13.5. The Morgan fingerprint density at radius 1 is 1.35 bits per heavy atom. The minimum Gasteiger partial charge on any atom is -0.319 e. The molecule has 20 heavy (non-hydrogen) atoms. The quantitative estimate of drug-likeness (QED) is 0.875. The molecular weight excluding hydrogens is 286 g/mol. The second-order valence-corrected chi connectivity index (χ2v) is 4.47. The number of halogens is 3. The predicted molar refractivity (Wildman–Crippen MR) is 72.9 cm³/mol. The molecule has 0 aliphatic heterocycles. The van der Waals surface area contributed by atoms with E-state index in [9.17, 15) is 13.6 Å². The van der Waals surface area contributed by atoms with Crippen LogP contribution in [0.5, 0.6) is 0 Å². The van der Waals surface area contributed by atoms with E-state index in [2.05, 4.69) is 10.3 Å². The van der Waals surface area contributed by atoms with Gasteiger partial charge in [-0.25, -0.2) is 13.8 Å². The van der Waals surface area contributed by atoms with Crippen molar-refractivity contribution in [3.63, 3.8) is 0 Å². The number of nitrogens with one attached hydrogen (secondary N) is 1. The number of carbonyl (C=O) groups is 1. The Bertz CT molecular complexity index is 662. The Morgan fingerprint density at radius 3 is 2.80 bits per heavy atom. The van der Waals surface area contributed by atoms with Crippen molar-refractivity contribution in [2.45, 2.75) is 13.3 Å². The standard InChI is InChI=1S/C14H11ClF2N2O/c1-2-9-6-8(7-12(15)18-9)14(20)19-11-5-3-4-10(16)13(11)17/h3-7H,2H2,1H3,(H,19,20). The lowest BCUT2D eigenvalue weighted by atomic mass is 10.2. The summed E-state index contributed by atoms with van der Waals surface area (Å²) >= 11 is 5.81. The van der Waals surface area contributed by atoms with Gasteiger partial charge in [0.15, 0.2) is 11.6 Å². The number of anilines is 1. The van der Waals surface area contributed by atoms with Gasteiger partial charge in [0.05, 0.1) is 5.69 Å². The normalized spacial score (nSPS) is 10.4. The zero-order valence-electron chi connectivity index (χ0n) is 10.6. The molecule has 0 fully saturated rings. The second kappa shape index (κ2) is 5.96. The zero-order chi connectivity index (χ0) is 14.7. The summed E-state index contributed by atoms with van der Waals surface area (Å²) in [7, 11) is 0. The van der Waals surface area contributed by atoms with E-state index in [-0.39, 0.29) is 16.4 Å². The van der Waals surface area contributed by atoms with Crippen LogP contribution in [0, 0.1) is 11.6 Å². The number of carbonyl (C=O) groups excluding carboxylic acids is 1. The molecule has 0 radical (unpaired) electrons. The van der Waals surface area contributed by atoms with Gasteiger partial charge in [-0.1, -0.05) is 24.6 Å². The fraction of sp³-hybridized carbons (Fsp3) is 0.143. The molecular formula is C14H11ClF2N2O. The van der Waals surface area contributed by atoms with Crippen LogP contribution >= 0.6 is 11.6 Å².